The minimum atomic E-state index is 0.834. The zero-order valence-corrected chi connectivity index (χ0v) is 29.9. The van der Waals surface area contributed by atoms with Crippen LogP contribution in [0.1, 0.15) is 175 Å². The van der Waals surface area contributed by atoms with Crippen LogP contribution < -0.4 is 0 Å². The second kappa shape index (κ2) is 32.8. The molecule has 0 N–H and O–H groups in total. The fourth-order valence-corrected chi connectivity index (χ4v) is 7.33. The fourth-order valence-electron chi connectivity index (χ4n) is 6.76. The Hall–Kier alpha value is 0.935. The molecule has 0 bridgehead atoms. The van der Waals surface area contributed by atoms with E-state index in [1.807, 2.05) is 0 Å². The topological polar surface area (TPSA) is 0 Å². The predicted octanol–water partition coefficient (Wildman–Crippen LogP) is 14.5. The molecule has 0 radical (unpaired) electrons. The Morgan fingerprint density at radius 3 is 0.750 bits per heavy atom. The Kier molecular flexibility index (Phi) is 33.6. The maximum atomic E-state index is 5.81. The summed E-state index contributed by atoms with van der Waals surface area (Å²) >= 11 is 17.4. The van der Waals surface area contributed by atoms with Gasteiger partial charge in [-0.25, -0.2) is 0 Å². The molecule has 0 saturated heterocycles. The van der Waals surface area contributed by atoms with Gasteiger partial charge in [-0.15, -0.1) is 34.8 Å². The van der Waals surface area contributed by atoms with E-state index in [2.05, 4.69) is 20.8 Å². The third-order valence-electron chi connectivity index (χ3n) is 9.20. The lowest BCUT2D eigenvalue weighted by molar-refractivity contribution is 0.483. The highest BCUT2D eigenvalue weighted by Gasteiger charge is 2.22. The Bertz CT molecular complexity index is 408. The van der Waals surface area contributed by atoms with Crippen LogP contribution in [0.3, 0.4) is 0 Å². The minimum absolute atomic E-state index is 0.834. The molecule has 0 rings (SSSR count). The summed E-state index contributed by atoms with van der Waals surface area (Å²) in [5, 5.41) is 0. The molecule has 0 aromatic heterocycles. The van der Waals surface area contributed by atoms with Gasteiger partial charge in [-0.05, 0) is 19.3 Å². The lowest BCUT2D eigenvalue weighted by Gasteiger charge is -2.24. The molecule has 0 spiro atoms. The van der Waals surface area contributed by atoms with Gasteiger partial charge in [0.1, 0.15) is 6.71 Å². The quantitative estimate of drug-likeness (QED) is 0.0388. The summed E-state index contributed by atoms with van der Waals surface area (Å²) in [6, 6.07) is 0. The van der Waals surface area contributed by atoms with Crippen molar-refractivity contribution in [2.24, 2.45) is 17.8 Å². The first kappa shape index (κ1) is 40.9. The molecular weight excluding hydrogens is 550 g/mol. The maximum absolute atomic E-state index is 5.81. The van der Waals surface area contributed by atoms with Crippen LogP contribution in [0.2, 0.25) is 19.0 Å². The summed E-state index contributed by atoms with van der Waals surface area (Å²) < 4.78 is 0. The van der Waals surface area contributed by atoms with Gasteiger partial charge in [0.2, 0.25) is 0 Å². The summed E-state index contributed by atoms with van der Waals surface area (Å²) in [6.45, 7) is 8.59. The Balaban J connectivity index is 4.36. The van der Waals surface area contributed by atoms with E-state index in [1.54, 1.807) is 0 Å². The molecule has 0 aliphatic rings. The molecule has 0 heterocycles. The van der Waals surface area contributed by atoms with Gasteiger partial charge in [0.25, 0.3) is 0 Å². The highest BCUT2D eigenvalue weighted by molar-refractivity contribution is 6.59. The standard InChI is InChI=1S/C36H72BCl3/c1-34(25-19-13-7-4-10-16-22-28-38)31-37(32-35(2)26-20-14-8-5-11-17-23-29-39)33-36(3)27-21-15-9-6-12-18-24-30-40/h34-36H,4-33H2,1-3H3. The zero-order valence-electron chi connectivity index (χ0n) is 27.7. The van der Waals surface area contributed by atoms with Gasteiger partial charge in [0, 0.05) is 17.6 Å². The van der Waals surface area contributed by atoms with Crippen molar-refractivity contribution in [1.82, 2.24) is 0 Å². The van der Waals surface area contributed by atoms with Crippen molar-refractivity contribution < 1.29 is 0 Å². The van der Waals surface area contributed by atoms with Gasteiger partial charge in [-0.3, -0.25) is 0 Å². The van der Waals surface area contributed by atoms with Crippen LogP contribution in [0, 0.1) is 17.8 Å². The molecule has 0 nitrogen and oxygen atoms in total. The van der Waals surface area contributed by atoms with Crippen molar-refractivity contribution >= 4 is 41.5 Å². The van der Waals surface area contributed by atoms with Crippen LogP contribution in [0.4, 0.5) is 0 Å². The molecule has 0 fully saturated rings. The summed E-state index contributed by atoms with van der Waals surface area (Å²) in [4.78, 5) is 0. The van der Waals surface area contributed by atoms with Gasteiger partial charge in [-0.2, -0.15) is 0 Å². The third kappa shape index (κ3) is 30.4. The first-order chi connectivity index (χ1) is 19.5. The molecule has 40 heavy (non-hydrogen) atoms. The van der Waals surface area contributed by atoms with Crippen LogP contribution in [-0.2, 0) is 0 Å². The summed E-state index contributed by atoms with van der Waals surface area (Å²) in [6.07, 6.45) is 37.5. The van der Waals surface area contributed by atoms with E-state index >= 15 is 0 Å². The van der Waals surface area contributed by atoms with Crippen molar-refractivity contribution in [2.75, 3.05) is 17.6 Å². The lowest BCUT2D eigenvalue weighted by Crippen LogP contribution is -2.22. The normalized spacial score (nSPS) is 13.9. The van der Waals surface area contributed by atoms with E-state index < -0.39 is 0 Å². The van der Waals surface area contributed by atoms with Crippen LogP contribution >= 0.6 is 34.8 Å². The van der Waals surface area contributed by atoms with Crippen molar-refractivity contribution in [3.8, 4) is 0 Å². The van der Waals surface area contributed by atoms with Crippen molar-refractivity contribution in [3.05, 3.63) is 0 Å². The molecule has 0 aromatic rings. The van der Waals surface area contributed by atoms with Crippen LogP contribution in [0.5, 0.6) is 0 Å². The largest absolute Gasteiger partial charge is 0.140 e. The smallest absolute Gasteiger partial charge is 0.127 e. The average molecular weight is 622 g/mol. The monoisotopic (exact) mass is 620 g/mol. The predicted molar refractivity (Wildman–Crippen MR) is 191 cm³/mol. The molecule has 4 heteroatoms. The number of alkyl halides is 3. The molecule has 240 valence electrons. The molecule has 3 atom stereocenters. The SMILES string of the molecule is CC(CCCCCCCCCCl)CB(CC(C)CCCCCCCCCCl)CC(C)CCCCCCCCCCl. The Morgan fingerprint density at radius 2 is 0.525 bits per heavy atom. The number of unbranched alkanes of at least 4 members (excludes halogenated alkanes) is 18. The van der Waals surface area contributed by atoms with Gasteiger partial charge in [0.05, 0.1) is 0 Å². The number of rotatable bonds is 33. The van der Waals surface area contributed by atoms with E-state index in [0.717, 1.165) is 42.1 Å². The second-order valence-corrected chi connectivity index (χ2v) is 14.9. The summed E-state index contributed by atoms with van der Waals surface area (Å²) in [7, 11) is 0. The zero-order chi connectivity index (χ0) is 29.5. The van der Waals surface area contributed by atoms with E-state index in [9.17, 15) is 0 Å². The third-order valence-corrected chi connectivity index (χ3v) is 10.0. The van der Waals surface area contributed by atoms with Gasteiger partial charge < -0.3 is 0 Å². The minimum Gasteiger partial charge on any atom is -0.127 e. The molecule has 0 aliphatic carbocycles. The summed E-state index contributed by atoms with van der Waals surface area (Å²) in [5.74, 6) is 5.17. The Labute approximate surface area is 269 Å². The van der Waals surface area contributed by atoms with Gasteiger partial charge in [0.15, 0.2) is 0 Å². The van der Waals surface area contributed by atoms with E-state index in [0.29, 0.717) is 0 Å². The van der Waals surface area contributed by atoms with Crippen molar-refractivity contribution in [2.45, 2.75) is 194 Å². The van der Waals surface area contributed by atoms with Crippen LogP contribution in [-0.4, -0.2) is 24.4 Å². The van der Waals surface area contributed by atoms with Crippen molar-refractivity contribution in [3.63, 3.8) is 0 Å². The van der Waals surface area contributed by atoms with Crippen LogP contribution in [0.15, 0.2) is 0 Å². The number of hydrogen-bond acceptors (Lipinski definition) is 0. The molecule has 0 aliphatic heterocycles. The van der Waals surface area contributed by atoms with Crippen LogP contribution in [0.25, 0.3) is 0 Å². The maximum Gasteiger partial charge on any atom is 0.140 e. The molecule has 3 unspecified atom stereocenters. The van der Waals surface area contributed by atoms with E-state index in [-0.39, 0.29) is 0 Å². The second-order valence-electron chi connectivity index (χ2n) is 13.7. The molecular formula is C36H72BCl3. The van der Waals surface area contributed by atoms with Crippen molar-refractivity contribution in [1.29, 1.82) is 0 Å². The summed E-state index contributed by atoms with van der Waals surface area (Å²) in [5.41, 5.74) is 0. The lowest BCUT2D eigenvalue weighted by atomic mass is 9.37. The first-order valence-electron chi connectivity index (χ1n) is 18.2. The van der Waals surface area contributed by atoms with Gasteiger partial charge in [-0.1, -0.05) is 192 Å². The Morgan fingerprint density at radius 1 is 0.325 bits per heavy atom. The molecule has 0 amide bonds. The van der Waals surface area contributed by atoms with E-state index in [1.165, 1.54) is 173 Å². The average Bonchev–Trinajstić information content (AvgIpc) is 2.93. The van der Waals surface area contributed by atoms with Gasteiger partial charge >= 0.3 is 0 Å². The highest BCUT2D eigenvalue weighted by atomic mass is 35.5. The number of hydrogen-bond donors (Lipinski definition) is 0. The molecule has 0 saturated carbocycles. The molecule has 0 aromatic carbocycles. The fraction of sp³-hybridized carbons (Fsp3) is 1.00. The first-order valence-corrected chi connectivity index (χ1v) is 19.8. The highest BCUT2D eigenvalue weighted by Crippen LogP contribution is 2.29. The number of halogens is 3. The van der Waals surface area contributed by atoms with E-state index in [4.69, 9.17) is 34.8 Å².